The zero-order chi connectivity index (χ0) is 13.0. The number of hydrogen-bond acceptors (Lipinski definition) is 3. The molecule has 0 aliphatic carbocycles. The summed E-state index contributed by atoms with van der Waals surface area (Å²) in [6.45, 7) is 2.53. The van der Waals surface area contributed by atoms with Crippen molar-refractivity contribution < 1.29 is 9.47 Å². The fourth-order valence-corrected chi connectivity index (χ4v) is 2.50. The third-order valence-electron chi connectivity index (χ3n) is 3.15. The van der Waals surface area contributed by atoms with Gasteiger partial charge in [0.25, 0.3) is 0 Å². The number of benzene rings is 1. The van der Waals surface area contributed by atoms with Gasteiger partial charge in [0.2, 0.25) is 0 Å². The molecular formula is C13H17Cl2NO2. The first kappa shape index (κ1) is 13.9. The molecule has 1 aliphatic heterocycles. The Morgan fingerprint density at radius 2 is 2.28 bits per heavy atom. The summed E-state index contributed by atoms with van der Waals surface area (Å²) in [5.74, 6) is 1.07. The molecule has 2 rings (SSSR count). The number of ether oxygens (including phenoxy) is 2. The van der Waals surface area contributed by atoms with E-state index in [1.165, 1.54) is 0 Å². The zero-order valence-corrected chi connectivity index (χ0v) is 11.8. The molecule has 1 saturated heterocycles. The molecule has 1 N–H and O–H groups in total. The third kappa shape index (κ3) is 3.29. The predicted molar refractivity (Wildman–Crippen MR) is 73.7 cm³/mol. The van der Waals surface area contributed by atoms with E-state index in [4.69, 9.17) is 32.7 Å². The van der Waals surface area contributed by atoms with Gasteiger partial charge in [-0.3, -0.25) is 0 Å². The first-order valence-electron chi connectivity index (χ1n) is 6.02. The maximum atomic E-state index is 6.13. The monoisotopic (exact) mass is 289 g/mol. The number of rotatable bonds is 5. The van der Waals surface area contributed by atoms with Crippen LogP contribution in [0.3, 0.4) is 0 Å². The van der Waals surface area contributed by atoms with Crippen LogP contribution in [0.1, 0.15) is 6.42 Å². The minimum Gasteiger partial charge on any atom is -0.486 e. The summed E-state index contributed by atoms with van der Waals surface area (Å²) in [4.78, 5) is 0. The maximum Gasteiger partial charge on any atom is 0.139 e. The van der Waals surface area contributed by atoms with Crippen LogP contribution in [-0.2, 0) is 4.74 Å². The standard InChI is InChI=1S/C13H17Cl2NO2/c1-17-8-12(9-5-6-16-7-9)18-11-4-2-3-10(14)13(11)15/h2-4,9,12,16H,5-8H2,1H3. The summed E-state index contributed by atoms with van der Waals surface area (Å²) in [5, 5.41) is 4.30. The Labute approximate surface area is 117 Å². The minimum absolute atomic E-state index is 0.000895. The van der Waals surface area contributed by atoms with Crippen molar-refractivity contribution in [3.05, 3.63) is 28.2 Å². The summed E-state index contributed by atoms with van der Waals surface area (Å²) in [6.07, 6.45) is 1.09. The fraction of sp³-hybridized carbons (Fsp3) is 0.538. The predicted octanol–water partition coefficient (Wildman–Crippen LogP) is 3.00. The zero-order valence-electron chi connectivity index (χ0n) is 10.3. The number of methoxy groups -OCH3 is 1. The van der Waals surface area contributed by atoms with Crippen LogP contribution in [0.2, 0.25) is 10.0 Å². The van der Waals surface area contributed by atoms with E-state index in [9.17, 15) is 0 Å². The lowest BCUT2D eigenvalue weighted by Gasteiger charge is -2.24. The van der Waals surface area contributed by atoms with Crippen molar-refractivity contribution in [2.75, 3.05) is 26.8 Å². The summed E-state index contributed by atoms with van der Waals surface area (Å²) < 4.78 is 11.2. The van der Waals surface area contributed by atoms with E-state index < -0.39 is 0 Å². The Morgan fingerprint density at radius 1 is 1.44 bits per heavy atom. The Morgan fingerprint density at radius 3 is 2.94 bits per heavy atom. The van der Waals surface area contributed by atoms with Crippen LogP contribution >= 0.6 is 23.2 Å². The van der Waals surface area contributed by atoms with E-state index in [1.807, 2.05) is 12.1 Å². The highest BCUT2D eigenvalue weighted by Gasteiger charge is 2.27. The summed E-state index contributed by atoms with van der Waals surface area (Å²) >= 11 is 12.1. The van der Waals surface area contributed by atoms with Crippen molar-refractivity contribution in [2.24, 2.45) is 5.92 Å². The second kappa shape index (κ2) is 6.62. The number of nitrogens with one attached hydrogen (secondary N) is 1. The Balaban J connectivity index is 2.10. The molecule has 100 valence electrons. The molecule has 18 heavy (non-hydrogen) atoms. The van der Waals surface area contributed by atoms with Crippen LogP contribution in [-0.4, -0.2) is 32.9 Å². The number of halogens is 2. The molecule has 1 aromatic rings. The molecule has 0 aromatic heterocycles. The molecule has 0 amide bonds. The maximum absolute atomic E-state index is 6.13. The molecule has 0 saturated carbocycles. The van der Waals surface area contributed by atoms with Crippen molar-refractivity contribution in [1.82, 2.24) is 5.32 Å². The highest BCUT2D eigenvalue weighted by Crippen LogP contribution is 2.33. The molecule has 1 aromatic carbocycles. The molecule has 1 heterocycles. The van der Waals surface area contributed by atoms with Crippen LogP contribution in [0.4, 0.5) is 0 Å². The highest BCUT2D eigenvalue weighted by atomic mass is 35.5. The van der Waals surface area contributed by atoms with Crippen molar-refractivity contribution in [3.63, 3.8) is 0 Å². The fourth-order valence-electron chi connectivity index (χ4n) is 2.16. The molecular weight excluding hydrogens is 273 g/mol. The van der Waals surface area contributed by atoms with Crippen LogP contribution in [0, 0.1) is 5.92 Å². The van der Waals surface area contributed by atoms with Crippen molar-refractivity contribution >= 4 is 23.2 Å². The van der Waals surface area contributed by atoms with E-state index in [0.717, 1.165) is 19.5 Å². The van der Waals surface area contributed by atoms with Gasteiger partial charge in [-0.15, -0.1) is 0 Å². The van der Waals surface area contributed by atoms with Gasteiger partial charge in [0.05, 0.1) is 11.6 Å². The van der Waals surface area contributed by atoms with Gasteiger partial charge in [0.1, 0.15) is 16.9 Å². The van der Waals surface area contributed by atoms with Crippen LogP contribution in [0.25, 0.3) is 0 Å². The van der Waals surface area contributed by atoms with Crippen molar-refractivity contribution in [1.29, 1.82) is 0 Å². The summed E-state index contributed by atoms with van der Waals surface area (Å²) in [6, 6.07) is 5.42. The number of hydrogen-bond donors (Lipinski definition) is 1. The van der Waals surface area contributed by atoms with E-state index in [-0.39, 0.29) is 6.10 Å². The largest absolute Gasteiger partial charge is 0.486 e. The van der Waals surface area contributed by atoms with Crippen LogP contribution < -0.4 is 10.1 Å². The Kier molecular flexibility index (Phi) is 5.13. The quantitative estimate of drug-likeness (QED) is 0.904. The Hall–Kier alpha value is -0.480. The van der Waals surface area contributed by atoms with Gasteiger partial charge >= 0.3 is 0 Å². The molecule has 2 atom stereocenters. The average Bonchev–Trinajstić information content (AvgIpc) is 2.88. The summed E-state index contributed by atoms with van der Waals surface area (Å²) in [5.41, 5.74) is 0. The Bertz CT molecular complexity index is 395. The molecule has 2 unspecified atom stereocenters. The lowest BCUT2D eigenvalue weighted by atomic mass is 10.0. The van der Waals surface area contributed by atoms with Crippen LogP contribution in [0.5, 0.6) is 5.75 Å². The molecule has 1 aliphatic rings. The third-order valence-corrected chi connectivity index (χ3v) is 3.95. The van der Waals surface area contributed by atoms with Gasteiger partial charge in [0.15, 0.2) is 0 Å². The van der Waals surface area contributed by atoms with Gasteiger partial charge in [-0.2, -0.15) is 0 Å². The first-order valence-corrected chi connectivity index (χ1v) is 6.78. The van der Waals surface area contributed by atoms with E-state index in [1.54, 1.807) is 13.2 Å². The minimum atomic E-state index is 0.000895. The highest BCUT2D eigenvalue weighted by molar-refractivity contribution is 6.42. The van der Waals surface area contributed by atoms with Gasteiger partial charge in [0, 0.05) is 19.6 Å². The molecule has 0 radical (unpaired) electrons. The molecule has 0 spiro atoms. The van der Waals surface area contributed by atoms with E-state index in [2.05, 4.69) is 5.32 Å². The SMILES string of the molecule is COCC(Oc1cccc(Cl)c1Cl)C1CCNC1. The second-order valence-electron chi connectivity index (χ2n) is 4.42. The topological polar surface area (TPSA) is 30.5 Å². The van der Waals surface area contributed by atoms with E-state index >= 15 is 0 Å². The normalized spacial score (nSPS) is 20.9. The van der Waals surface area contributed by atoms with Crippen molar-refractivity contribution in [2.45, 2.75) is 12.5 Å². The molecule has 0 bridgehead atoms. The second-order valence-corrected chi connectivity index (χ2v) is 5.20. The lowest BCUT2D eigenvalue weighted by Crippen LogP contribution is -2.33. The van der Waals surface area contributed by atoms with Gasteiger partial charge in [-0.1, -0.05) is 29.3 Å². The lowest BCUT2D eigenvalue weighted by molar-refractivity contribution is 0.0483. The van der Waals surface area contributed by atoms with Gasteiger partial charge in [-0.25, -0.2) is 0 Å². The van der Waals surface area contributed by atoms with Crippen molar-refractivity contribution in [3.8, 4) is 5.75 Å². The molecule has 3 nitrogen and oxygen atoms in total. The van der Waals surface area contributed by atoms with Gasteiger partial charge in [-0.05, 0) is 25.1 Å². The molecule has 5 heteroatoms. The van der Waals surface area contributed by atoms with E-state index in [0.29, 0.717) is 28.3 Å². The summed E-state index contributed by atoms with van der Waals surface area (Å²) in [7, 11) is 1.68. The molecule has 1 fully saturated rings. The first-order chi connectivity index (χ1) is 8.72. The van der Waals surface area contributed by atoms with Crippen LogP contribution in [0.15, 0.2) is 18.2 Å². The smallest absolute Gasteiger partial charge is 0.139 e. The average molecular weight is 290 g/mol. The van der Waals surface area contributed by atoms with Gasteiger partial charge < -0.3 is 14.8 Å².